The molecule has 4 rings (SSSR count). The van der Waals surface area contributed by atoms with Gasteiger partial charge in [-0.25, -0.2) is 0 Å². The number of carbonyl (C=O) groups excluding carboxylic acids is 5. The molecule has 4 aliphatic rings. The van der Waals surface area contributed by atoms with E-state index >= 15 is 0 Å². The van der Waals surface area contributed by atoms with Crippen LogP contribution in [0.5, 0.6) is 0 Å². The zero-order valence-corrected chi connectivity index (χ0v) is 20.6. The van der Waals surface area contributed by atoms with Gasteiger partial charge in [0, 0.05) is 42.4 Å². The maximum absolute atomic E-state index is 14.1. The highest BCUT2D eigenvalue weighted by Gasteiger charge is 2.76. The molecule has 0 aromatic rings. The Balaban J connectivity index is 2.00. The van der Waals surface area contributed by atoms with Gasteiger partial charge in [0.25, 0.3) is 0 Å². The SMILES string of the molecule is COC1=C(C)C2CC(=O)OC3C(OC(C)=O)C4C(C)CC(OC(C)=O)C(=O)C4(C)C(C1=O)C23C. The van der Waals surface area contributed by atoms with Crippen LogP contribution in [0, 0.1) is 34.5 Å². The van der Waals surface area contributed by atoms with E-state index in [1.54, 1.807) is 13.8 Å². The van der Waals surface area contributed by atoms with Crippen LogP contribution in [-0.2, 0) is 42.9 Å². The van der Waals surface area contributed by atoms with Gasteiger partial charge in [-0.3, -0.25) is 24.0 Å². The molecule has 3 aliphatic carbocycles. The summed E-state index contributed by atoms with van der Waals surface area (Å²) in [6.07, 6.45) is -2.65. The number of hydrogen-bond acceptors (Lipinski definition) is 9. The normalized spacial score (nSPS) is 43.4. The van der Waals surface area contributed by atoms with Crippen LogP contribution in [0.3, 0.4) is 0 Å². The van der Waals surface area contributed by atoms with E-state index in [1.807, 2.05) is 13.8 Å². The summed E-state index contributed by atoms with van der Waals surface area (Å²) < 4.78 is 22.6. The van der Waals surface area contributed by atoms with Gasteiger partial charge in [-0.15, -0.1) is 0 Å². The smallest absolute Gasteiger partial charge is 0.306 e. The molecule has 0 bridgehead atoms. The summed E-state index contributed by atoms with van der Waals surface area (Å²) in [5.74, 6) is -4.50. The van der Waals surface area contributed by atoms with Gasteiger partial charge in [-0.05, 0) is 24.8 Å². The van der Waals surface area contributed by atoms with E-state index in [4.69, 9.17) is 18.9 Å². The highest BCUT2D eigenvalue weighted by atomic mass is 16.6. The molecule has 0 aromatic carbocycles. The Morgan fingerprint density at radius 3 is 2.24 bits per heavy atom. The molecule has 1 heterocycles. The number of esters is 3. The molecule has 9 atom stereocenters. The average Bonchev–Trinajstić information content (AvgIpc) is 2.71. The number of ketones is 2. The quantitative estimate of drug-likeness (QED) is 0.445. The zero-order valence-electron chi connectivity index (χ0n) is 20.6. The summed E-state index contributed by atoms with van der Waals surface area (Å²) in [5, 5.41) is 0. The molecule has 9 nitrogen and oxygen atoms in total. The first-order chi connectivity index (χ1) is 15.8. The van der Waals surface area contributed by atoms with Crippen LogP contribution >= 0.6 is 0 Å². The minimum atomic E-state index is -1.35. The molecule has 9 heteroatoms. The first kappa shape index (κ1) is 24.4. The zero-order chi connectivity index (χ0) is 25.3. The summed E-state index contributed by atoms with van der Waals surface area (Å²) in [5.41, 5.74) is -1.77. The van der Waals surface area contributed by atoms with Crippen LogP contribution in [0.4, 0.5) is 0 Å². The Morgan fingerprint density at radius 1 is 1.06 bits per heavy atom. The lowest BCUT2D eigenvalue weighted by Gasteiger charge is -2.66. The third-order valence-corrected chi connectivity index (χ3v) is 8.76. The summed E-state index contributed by atoms with van der Waals surface area (Å²) in [7, 11) is 1.40. The third-order valence-electron chi connectivity index (χ3n) is 8.76. The van der Waals surface area contributed by atoms with Crippen molar-refractivity contribution in [1.82, 2.24) is 0 Å². The Hall–Kier alpha value is -2.71. The van der Waals surface area contributed by atoms with Crippen molar-refractivity contribution in [2.24, 2.45) is 34.5 Å². The minimum Gasteiger partial charge on any atom is -0.493 e. The summed E-state index contributed by atoms with van der Waals surface area (Å²) in [6, 6.07) is 0. The van der Waals surface area contributed by atoms with Crippen molar-refractivity contribution in [2.75, 3.05) is 7.11 Å². The molecule has 0 aromatic heterocycles. The second-order valence-electron chi connectivity index (χ2n) is 10.6. The minimum absolute atomic E-state index is 0.0140. The fourth-order valence-corrected chi connectivity index (χ4v) is 7.76. The van der Waals surface area contributed by atoms with E-state index in [-0.39, 0.29) is 36.1 Å². The Bertz CT molecular complexity index is 1010. The van der Waals surface area contributed by atoms with Crippen molar-refractivity contribution in [1.29, 1.82) is 0 Å². The first-order valence-electron chi connectivity index (χ1n) is 11.7. The molecular formula is C25H32O9. The predicted molar refractivity (Wildman–Crippen MR) is 116 cm³/mol. The molecule has 3 fully saturated rings. The van der Waals surface area contributed by atoms with E-state index in [0.717, 1.165) is 0 Å². The molecule has 9 unspecified atom stereocenters. The standard InChI is InChI=1S/C25H32O9/c1-10-8-15(32-12(3)26)22(30)25(6)17(10)20(33-13(4)27)23-24(5)14(9-16(28)34-23)11(2)19(31-7)18(29)21(24)25/h10,14-15,17,20-21,23H,8-9H2,1-7H3. The fourth-order valence-electron chi connectivity index (χ4n) is 7.76. The number of fused-ring (bicyclic) bond motifs is 2. The number of allylic oxidation sites excluding steroid dienone is 2. The van der Waals surface area contributed by atoms with Gasteiger partial charge >= 0.3 is 17.9 Å². The maximum Gasteiger partial charge on any atom is 0.306 e. The van der Waals surface area contributed by atoms with Gasteiger partial charge in [-0.1, -0.05) is 20.8 Å². The number of Topliss-reactive ketones (excluding diaryl/α,β-unsaturated/α-hetero) is 2. The Kier molecular flexibility index (Phi) is 5.69. The van der Waals surface area contributed by atoms with Crippen molar-refractivity contribution in [3.05, 3.63) is 11.3 Å². The summed E-state index contributed by atoms with van der Waals surface area (Å²) in [6.45, 7) is 9.67. The van der Waals surface area contributed by atoms with E-state index < -0.39 is 64.8 Å². The van der Waals surface area contributed by atoms with Gasteiger partial charge < -0.3 is 18.9 Å². The van der Waals surface area contributed by atoms with Crippen LogP contribution in [0.1, 0.15) is 54.4 Å². The van der Waals surface area contributed by atoms with E-state index in [9.17, 15) is 24.0 Å². The maximum atomic E-state index is 14.1. The molecular weight excluding hydrogens is 444 g/mol. The number of methoxy groups -OCH3 is 1. The highest BCUT2D eigenvalue weighted by Crippen LogP contribution is 2.67. The summed E-state index contributed by atoms with van der Waals surface area (Å²) >= 11 is 0. The van der Waals surface area contributed by atoms with Crippen molar-refractivity contribution in [2.45, 2.75) is 72.7 Å². The van der Waals surface area contributed by atoms with Crippen LogP contribution in [0.15, 0.2) is 11.3 Å². The summed E-state index contributed by atoms with van der Waals surface area (Å²) in [4.78, 5) is 64.8. The van der Waals surface area contributed by atoms with Crippen molar-refractivity contribution < 1.29 is 42.9 Å². The molecule has 0 amide bonds. The fraction of sp³-hybridized carbons (Fsp3) is 0.720. The van der Waals surface area contributed by atoms with Crippen LogP contribution in [0.2, 0.25) is 0 Å². The topological polar surface area (TPSA) is 122 Å². The molecule has 186 valence electrons. The number of rotatable bonds is 3. The number of hydrogen-bond donors (Lipinski definition) is 0. The first-order valence-corrected chi connectivity index (χ1v) is 11.7. The third kappa shape index (κ3) is 3.08. The molecule has 0 spiro atoms. The van der Waals surface area contributed by atoms with Gasteiger partial charge in [0.1, 0.15) is 12.2 Å². The Morgan fingerprint density at radius 2 is 1.68 bits per heavy atom. The lowest BCUT2D eigenvalue weighted by molar-refractivity contribution is -0.261. The average molecular weight is 477 g/mol. The van der Waals surface area contributed by atoms with Crippen molar-refractivity contribution in [3.8, 4) is 0 Å². The van der Waals surface area contributed by atoms with E-state index in [1.165, 1.54) is 21.0 Å². The van der Waals surface area contributed by atoms with E-state index in [2.05, 4.69) is 0 Å². The molecule has 0 radical (unpaired) electrons. The lowest BCUT2D eigenvalue weighted by atomic mass is 9.38. The van der Waals surface area contributed by atoms with Crippen molar-refractivity contribution in [3.63, 3.8) is 0 Å². The van der Waals surface area contributed by atoms with Crippen molar-refractivity contribution >= 4 is 29.5 Å². The van der Waals surface area contributed by atoms with Gasteiger partial charge in [0.15, 0.2) is 17.6 Å². The van der Waals surface area contributed by atoms with Gasteiger partial charge in [-0.2, -0.15) is 0 Å². The highest BCUT2D eigenvalue weighted by molar-refractivity contribution is 6.04. The molecule has 0 N–H and O–H groups in total. The predicted octanol–water partition coefficient (Wildman–Crippen LogP) is 2.15. The second-order valence-corrected chi connectivity index (χ2v) is 10.6. The molecule has 2 saturated carbocycles. The second kappa shape index (κ2) is 7.92. The van der Waals surface area contributed by atoms with Gasteiger partial charge in [0.2, 0.25) is 5.78 Å². The lowest BCUT2D eigenvalue weighted by Crippen LogP contribution is -2.75. The molecule has 1 saturated heterocycles. The van der Waals surface area contributed by atoms with Crippen LogP contribution in [-0.4, -0.2) is 54.9 Å². The molecule has 34 heavy (non-hydrogen) atoms. The Labute approximate surface area is 198 Å². The van der Waals surface area contributed by atoms with Crippen LogP contribution in [0.25, 0.3) is 0 Å². The number of carbonyl (C=O) groups is 5. The number of ether oxygens (including phenoxy) is 4. The monoisotopic (exact) mass is 476 g/mol. The van der Waals surface area contributed by atoms with E-state index in [0.29, 0.717) is 5.57 Å². The molecule has 1 aliphatic heterocycles. The van der Waals surface area contributed by atoms with Crippen LogP contribution < -0.4 is 0 Å². The van der Waals surface area contributed by atoms with Gasteiger partial charge in [0.05, 0.1) is 13.5 Å². The largest absolute Gasteiger partial charge is 0.493 e.